The van der Waals surface area contributed by atoms with Crippen molar-refractivity contribution in [2.45, 2.75) is 31.5 Å². The van der Waals surface area contributed by atoms with Gasteiger partial charge in [-0.2, -0.15) is 0 Å². The van der Waals surface area contributed by atoms with Crippen molar-refractivity contribution < 1.29 is 14.3 Å². The molecule has 0 saturated carbocycles. The Balaban J connectivity index is 1.66. The highest BCUT2D eigenvalue weighted by molar-refractivity contribution is 6.31. The van der Waals surface area contributed by atoms with Crippen LogP contribution < -0.4 is 4.90 Å². The number of hydrogen-bond acceptors (Lipinski definition) is 4. The molecule has 0 aliphatic carbocycles. The number of azide groups is 1. The summed E-state index contributed by atoms with van der Waals surface area (Å²) in [6.07, 6.45) is 3.65. The van der Waals surface area contributed by atoms with Crippen LogP contribution in [-0.4, -0.2) is 32.2 Å². The smallest absolute Gasteiger partial charge is 0.292 e. The maximum atomic E-state index is 12.9. The molecule has 1 spiro atoms. The van der Waals surface area contributed by atoms with Crippen LogP contribution in [0.5, 0.6) is 0 Å². The van der Waals surface area contributed by atoms with Crippen molar-refractivity contribution in [3.05, 3.63) is 39.2 Å². The van der Waals surface area contributed by atoms with Crippen LogP contribution in [0.2, 0.25) is 5.02 Å². The van der Waals surface area contributed by atoms with E-state index in [0.29, 0.717) is 36.9 Å². The third-order valence-electron chi connectivity index (χ3n) is 4.28. The second-order valence-corrected chi connectivity index (χ2v) is 6.24. The predicted molar refractivity (Wildman–Crippen MR) is 89.9 cm³/mol. The average molecular weight is 351 g/mol. The van der Waals surface area contributed by atoms with Gasteiger partial charge in [-0.1, -0.05) is 29.6 Å². The first-order valence-electron chi connectivity index (χ1n) is 8.10. The molecule has 0 N–H and O–H groups in total. The van der Waals surface area contributed by atoms with Crippen LogP contribution in [0.4, 0.5) is 5.69 Å². The van der Waals surface area contributed by atoms with E-state index >= 15 is 0 Å². The summed E-state index contributed by atoms with van der Waals surface area (Å²) in [5, 5.41) is 4.07. The Morgan fingerprint density at radius 2 is 2.00 bits per heavy atom. The number of ether oxygens (including phenoxy) is 2. The Hall–Kier alpha value is -1.79. The van der Waals surface area contributed by atoms with E-state index in [0.717, 1.165) is 31.4 Å². The van der Waals surface area contributed by atoms with Gasteiger partial charge in [-0.15, -0.1) is 0 Å². The van der Waals surface area contributed by atoms with E-state index in [1.54, 1.807) is 17.0 Å². The molecule has 1 saturated heterocycles. The van der Waals surface area contributed by atoms with Crippen molar-refractivity contribution in [2.24, 2.45) is 5.11 Å². The Labute approximate surface area is 145 Å². The normalized spacial score (nSPS) is 18.0. The van der Waals surface area contributed by atoms with Gasteiger partial charge in [0.2, 0.25) is 0 Å². The molecule has 1 fully saturated rings. The molecule has 8 heteroatoms. The lowest BCUT2D eigenvalue weighted by molar-refractivity contribution is -0.180. The molecule has 0 aromatic heterocycles. The zero-order valence-corrected chi connectivity index (χ0v) is 14.0. The van der Waals surface area contributed by atoms with Gasteiger partial charge in [-0.25, -0.2) is 0 Å². The Morgan fingerprint density at radius 1 is 1.25 bits per heavy atom. The highest BCUT2D eigenvalue weighted by atomic mass is 35.5. The molecule has 1 amide bonds. The number of benzene rings is 1. The molecule has 0 unspecified atom stereocenters. The maximum absolute atomic E-state index is 12.9. The summed E-state index contributed by atoms with van der Waals surface area (Å²) in [6, 6.07) is 5.37. The molecule has 3 rings (SSSR count). The molecule has 1 aromatic rings. The standard InChI is InChI=1S/C16H19ClN4O3/c17-12-5-6-14-13(11-12)16(23-9-10-24-16)15(22)21(14)8-4-2-1-3-7-19-20-18/h5-6,11H,1-4,7-10H2. The number of amides is 1. The number of carbonyl (C=O) groups excluding carboxylic acids is 1. The number of hydrogen-bond donors (Lipinski definition) is 0. The molecule has 128 valence electrons. The Morgan fingerprint density at radius 3 is 2.75 bits per heavy atom. The fourth-order valence-electron chi connectivity index (χ4n) is 3.17. The van der Waals surface area contributed by atoms with Crippen molar-refractivity contribution >= 4 is 23.2 Å². The number of anilines is 1. The van der Waals surface area contributed by atoms with Crippen LogP contribution in [-0.2, 0) is 20.1 Å². The second-order valence-electron chi connectivity index (χ2n) is 5.80. The fourth-order valence-corrected chi connectivity index (χ4v) is 3.35. The van der Waals surface area contributed by atoms with E-state index in [2.05, 4.69) is 10.0 Å². The van der Waals surface area contributed by atoms with Crippen molar-refractivity contribution in [1.82, 2.24) is 0 Å². The maximum Gasteiger partial charge on any atom is 0.292 e. The highest BCUT2D eigenvalue weighted by Gasteiger charge is 2.55. The summed E-state index contributed by atoms with van der Waals surface area (Å²) >= 11 is 6.09. The van der Waals surface area contributed by atoms with Gasteiger partial charge in [0.05, 0.1) is 18.9 Å². The summed E-state index contributed by atoms with van der Waals surface area (Å²) < 4.78 is 11.4. The van der Waals surface area contributed by atoms with Crippen LogP contribution in [0.15, 0.2) is 23.3 Å². The summed E-state index contributed by atoms with van der Waals surface area (Å²) in [5.74, 6) is -1.49. The minimum Gasteiger partial charge on any atom is -0.336 e. The van der Waals surface area contributed by atoms with Crippen molar-refractivity contribution in [3.63, 3.8) is 0 Å². The van der Waals surface area contributed by atoms with E-state index in [1.165, 1.54) is 0 Å². The molecule has 2 aliphatic rings. The largest absolute Gasteiger partial charge is 0.336 e. The predicted octanol–water partition coefficient (Wildman–Crippen LogP) is 3.76. The first kappa shape index (κ1) is 17.0. The van der Waals surface area contributed by atoms with Gasteiger partial charge in [-0.3, -0.25) is 4.79 Å². The third-order valence-corrected chi connectivity index (χ3v) is 4.51. The zero-order chi connectivity index (χ0) is 17.0. The summed E-state index contributed by atoms with van der Waals surface area (Å²) in [7, 11) is 0. The van der Waals surface area contributed by atoms with Crippen LogP contribution in [0.25, 0.3) is 10.4 Å². The van der Waals surface area contributed by atoms with Gasteiger partial charge in [-0.05, 0) is 36.6 Å². The molecular formula is C16H19ClN4O3. The van der Waals surface area contributed by atoms with Crippen molar-refractivity contribution in [3.8, 4) is 0 Å². The average Bonchev–Trinajstić information content (AvgIpc) is 3.15. The monoisotopic (exact) mass is 350 g/mol. The van der Waals surface area contributed by atoms with Crippen molar-refractivity contribution in [2.75, 3.05) is 31.2 Å². The lowest BCUT2D eigenvalue weighted by atomic mass is 10.1. The van der Waals surface area contributed by atoms with Gasteiger partial charge in [0.1, 0.15) is 0 Å². The number of nitrogens with zero attached hydrogens (tertiary/aromatic N) is 4. The van der Waals surface area contributed by atoms with Gasteiger partial charge < -0.3 is 14.4 Å². The Kier molecular flexibility index (Phi) is 5.26. The van der Waals surface area contributed by atoms with E-state index in [9.17, 15) is 4.79 Å². The quantitative estimate of drug-likeness (QED) is 0.324. The molecule has 0 radical (unpaired) electrons. The van der Waals surface area contributed by atoms with Gasteiger partial charge >= 0.3 is 0 Å². The molecule has 24 heavy (non-hydrogen) atoms. The van der Waals surface area contributed by atoms with Crippen LogP contribution in [0.3, 0.4) is 0 Å². The Bertz CT molecular complexity index is 669. The van der Waals surface area contributed by atoms with E-state index in [-0.39, 0.29) is 5.91 Å². The van der Waals surface area contributed by atoms with E-state index < -0.39 is 5.79 Å². The minimum absolute atomic E-state index is 0.175. The van der Waals surface area contributed by atoms with Gasteiger partial charge in [0.15, 0.2) is 0 Å². The lowest BCUT2D eigenvalue weighted by Crippen LogP contribution is -2.41. The number of fused-ring (bicyclic) bond motifs is 2. The first-order valence-corrected chi connectivity index (χ1v) is 8.47. The zero-order valence-electron chi connectivity index (χ0n) is 13.3. The first-order chi connectivity index (χ1) is 11.7. The SMILES string of the molecule is [N-]=[N+]=NCCCCCCN1C(=O)C2(OCCO2)c2cc(Cl)ccc21. The van der Waals surface area contributed by atoms with Crippen LogP contribution >= 0.6 is 11.6 Å². The second kappa shape index (κ2) is 7.40. The number of halogens is 1. The molecule has 1 aromatic carbocycles. The summed E-state index contributed by atoms with van der Waals surface area (Å²) in [6.45, 7) is 1.91. The lowest BCUT2D eigenvalue weighted by Gasteiger charge is -2.22. The number of rotatable bonds is 7. The van der Waals surface area contributed by atoms with Crippen LogP contribution in [0, 0.1) is 0 Å². The summed E-state index contributed by atoms with van der Waals surface area (Å²) in [4.78, 5) is 17.3. The number of unbranched alkanes of at least 4 members (excludes halogenated alkanes) is 3. The minimum atomic E-state index is -1.32. The molecular weight excluding hydrogens is 332 g/mol. The van der Waals surface area contributed by atoms with E-state index in [1.807, 2.05) is 6.07 Å². The van der Waals surface area contributed by atoms with Gasteiger partial charge in [0, 0.05) is 28.6 Å². The number of carbonyl (C=O) groups is 1. The van der Waals surface area contributed by atoms with E-state index in [4.69, 9.17) is 26.6 Å². The third kappa shape index (κ3) is 3.08. The van der Waals surface area contributed by atoms with Crippen LogP contribution in [0.1, 0.15) is 31.2 Å². The van der Waals surface area contributed by atoms with Gasteiger partial charge in [0.25, 0.3) is 11.7 Å². The molecule has 0 atom stereocenters. The van der Waals surface area contributed by atoms with Crippen molar-refractivity contribution in [1.29, 1.82) is 0 Å². The molecule has 2 aliphatic heterocycles. The molecule has 2 heterocycles. The molecule has 0 bridgehead atoms. The summed E-state index contributed by atoms with van der Waals surface area (Å²) in [5.41, 5.74) is 9.74. The topological polar surface area (TPSA) is 87.5 Å². The molecule has 7 nitrogen and oxygen atoms in total. The highest BCUT2D eigenvalue weighted by Crippen LogP contribution is 2.46. The fraction of sp³-hybridized carbons (Fsp3) is 0.562.